The van der Waals surface area contributed by atoms with Crippen molar-refractivity contribution < 1.29 is 8.83 Å². The van der Waals surface area contributed by atoms with Crippen LogP contribution in [0, 0.1) is 0 Å². The van der Waals surface area contributed by atoms with Crippen LogP contribution in [0.2, 0.25) is 0 Å². The molecular weight excluding hydrogens is 801 g/mol. The Morgan fingerprint density at radius 2 is 1.12 bits per heavy atom. The molecule has 0 saturated carbocycles. The fourth-order valence-electron chi connectivity index (χ4n) is 7.67. The molecule has 8 aromatic carbocycles. The molecule has 0 unspecified atom stereocenters. The van der Waals surface area contributed by atoms with Crippen molar-refractivity contribution in [1.29, 1.82) is 0 Å². The average molecular weight is 849 g/mol. The Kier molecular flexibility index (Phi) is 11.9. The van der Waals surface area contributed by atoms with E-state index in [9.17, 15) is 4.79 Å². The Hall–Kier alpha value is -8.16. The van der Waals surface area contributed by atoms with Gasteiger partial charge in [-0.3, -0.25) is 0 Å². The summed E-state index contributed by atoms with van der Waals surface area (Å²) in [6.45, 7) is 10.6. The molecule has 0 saturated heterocycles. The molecule has 7 heteroatoms. The molecule has 3 heterocycles. The van der Waals surface area contributed by atoms with Gasteiger partial charge in [0.05, 0.1) is 11.3 Å². The molecular formula is C58H48N4O3. The highest BCUT2D eigenvalue weighted by Gasteiger charge is 2.17. The molecule has 0 spiro atoms. The number of aromatic nitrogens is 4. The SMILES string of the molecule is CC.CC(C)(C)c1ccc2oc(-c3ccc(/C=C/c4ccc(-c5ccccc5)cc4)cc3)nc2c1.O=c1oc2cc(-n3nc4ccc5ccccc5c4n3)ccc2cc1-c1ccccc1. The van der Waals surface area contributed by atoms with Gasteiger partial charge in [-0.25, -0.2) is 9.78 Å². The number of hydrogen-bond donors (Lipinski definition) is 0. The highest BCUT2D eigenvalue weighted by Crippen LogP contribution is 2.30. The monoisotopic (exact) mass is 848 g/mol. The van der Waals surface area contributed by atoms with Crippen LogP contribution in [-0.2, 0) is 5.41 Å². The van der Waals surface area contributed by atoms with Gasteiger partial charge in [0.2, 0.25) is 5.89 Å². The third-order valence-corrected chi connectivity index (χ3v) is 11.2. The van der Waals surface area contributed by atoms with Crippen LogP contribution in [0.4, 0.5) is 0 Å². The van der Waals surface area contributed by atoms with E-state index >= 15 is 0 Å². The van der Waals surface area contributed by atoms with Crippen molar-refractivity contribution in [2.45, 2.75) is 40.0 Å². The van der Waals surface area contributed by atoms with Crippen LogP contribution in [0.25, 0.3) is 95.4 Å². The van der Waals surface area contributed by atoms with Gasteiger partial charge in [0, 0.05) is 22.4 Å². The molecule has 11 rings (SSSR count). The van der Waals surface area contributed by atoms with Gasteiger partial charge < -0.3 is 8.83 Å². The first-order valence-corrected chi connectivity index (χ1v) is 22.0. The summed E-state index contributed by atoms with van der Waals surface area (Å²) in [4.78, 5) is 18.9. The predicted molar refractivity (Wildman–Crippen MR) is 268 cm³/mol. The first kappa shape index (κ1) is 42.2. The molecule has 0 fully saturated rings. The summed E-state index contributed by atoms with van der Waals surface area (Å²) in [5.74, 6) is 0.656. The summed E-state index contributed by atoms with van der Waals surface area (Å²) < 4.78 is 11.6. The van der Waals surface area contributed by atoms with Gasteiger partial charge in [0.25, 0.3) is 0 Å². The largest absolute Gasteiger partial charge is 0.436 e. The van der Waals surface area contributed by atoms with Gasteiger partial charge in [-0.2, -0.15) is 4.80 Å². The lowest BCUT2D eigenvalue weighted by Crippen LogP contribution is -2.10. The van der Waals surface area contributed by atoms with Crippen molar-refractivity contribution in [1.82, 2.24) is 20.0 Å². The van der Waals surface area contributed by atoms with Crippen LogP contribution in [0.15, 0.2) is 202 Å². The second-order valence-corrected chi connectivity index (χ2v) is 16.6. The van der Waals surface area contributed by atoms with Gasteiger partial charge in [0.15, 0.2) is 5.58 Å². The molecule has 65 heavy (non-hydrogen) atoms. The maximum Gasteiger partial charge on any atom is 0.344 e. The molecule has 0 bridgehead atoms. The van der Waals surface area contributed by atoms with Gasteiger partial charge in [-0.15, -0.1) is 10.2 Å². The summed E-state index contributed by atoms with van der Waals surface area (Å²) in [7, 11) is 0. The lowest BCUT2D eigenvalue weighted by molar-refractivity contribution is 0.563. The van der Waals surface area contributed by atoms with Crippen molar-refractivity contribution in [3.05, 3.63) is 215 Å². The van der Waals surface area contributed by atoms with E-state index in [0.717, 1.165) is 60.7 Å². The van der Waals surface area contributed by atoms with E-state index in [-0.39, 0.29) is 11.0 Å². The minimum Gasteiger partial charge on any atom is -0.436 e. The lowest BCUT2D eigenvalue weighted by Gasteiger charge is -2.18. The van der Waals surface area contributed by atoms with E-state index in [1.54, 1.807) is 10.9 Å². The summed E-state index contributed by atoms with van der Waals surface area (Å²) >= 11 is 0. The highest BCUT2D eigenvalue weighted by atomic mass is 16.4. The molecule has 11 aromatic rings. The van der Waals surface area contributed by atoms with Crippen molar-refractivity contribution in [3.8, 4) is 39.4 Å². The highest BCUT2D eigenvalue weighted by molar-refractivity contribution is 6.03. The summed E-state index contributed by atoms with van der Waals surface area (Å²) in [5, 5.41) is 12.3. The Labute approximate surface area is 378 Å². The first-order valence-electron chi connectivity index (χ1n) is 22.0. The number of benzene rings is 8. The first-order chi connectivity index (χ1) is 31.7. The fourth-order valence-corrected chi connectivity index (χ4v) is 7.67. The second kappa shape index (κ2) is 18.3. The predicted octanol–water partition coefficient (Wildman–Crippen LogP) is 15.0. The summed E-state index contributed by atoms with van der Waals surface area (Å²) in [5.41, 5.74) is 12.7. The minimum atomic E-state index is -0.365. The molecule has 7 nitrogen and oxygen atoms in total. The number of nitrogens with zero attached hydrogens (tertiary/aromatic N) is 4. The van der Waals surface area contributed by atoms with E-state index in [4.69, 9.17) is 18.9 Å². The molecule has 0 radical (unpaired) electrons. The van der Waals surface area contributed by atoms with Crippen LogP contribution < -0.4 is 5.63 Å². The minimum absolute atomic E-state index is 0.0865. The Balaban J connectivity index is 0.000000159. The molecule has 0 aliphatic rings. The molecule has 0 atom stereocenters. The lowest BCUT2D eigenvalue weighted by atomic mass is 9.87. The summed E-state index contributed by atoms with van der Waals surface area (Å²) in [6.07, 6.45) is 4.26. The summed E-state index contributed by atoms with van der Waals surface area (Å²) in [6, 6.07) is 62.8. The molecule has 0 N–H and O–H groups in total. The van der Waals surface area contributed by atoms with Crippen molar-refractivity contribution in [3.63, 3.8) is 0 Å². The fraction of sp³-hybridized carbons (Fsp3) is 0.103. The van der Waals surface area contributed by atoms with E-state index in [2.05, 4.69) is 129 Å². The second-order valence-electron chi connectivity index (χ2n) is 16.6. The molecule has 3 aromatic heterocycles. The Bertz CT molecular complexity index is 3490. The Morgan fingerprint density at radius 3 is 1.82 bits per heavy atom. The topological polar surface area (TPSA) is 87.0 Å². The molecule has 0 aliphatic carbocycles. The maximum absolute atomic E-state index is 12.6. The maximum atomic E-state index is 12.6. The van der Waals surface area contributed by atoms with Gasteiger partial charge in [0.1, 0.15) is 22.1 Å². The van der Waals surface area contributed by atoms with Crippen LogP contribution in [0.1, 0.15) is 51.3 Å². The van der Waals surface area contributed by atoms with Crippen molar-refractivity contribution in [2.24, 2.45) is 0 Å². The van der Waals surface area contributed by atoms with Gasteiger partial charge in [-0.05, 0) is 92.7 Å². The zero-order valence-corrected chi connectivity index (χ0v) is 37.1. The molecule has 0 amide bonds. The van der Waals surface area contributed by atoms with E-state index in [1.165, 1.54) is 22.3 Å². The van der Waals surface area contributed by atoms with Crippen LogP contribution in [0.5, 0.6) is 0 Å². The van der Waals surface area contributed by atoms with Crippen molar-refractivity contribution >= 4 is 56.0 Å². The smallest absolute Gasteiger partial charge is 0.344 e. The van der Waals surface area contributed by atoms with Gasteiger partial charge in [-0.1, -0.05) is 180 Å². The average Bonchev–Trinajstić information content (AvgIpc) is 4.00. The van der Waals surface area contributed by atoms with E-state index in [0.29, 0.717) is 17.0 Å². The normalized spacial score (nSPS) is 11.5. The molecule has 318 valence electrons. The number of hydrogen-bond acceptors (Lipinski definition) is 6. The zero-order valence-electron chi connectivity index (χ0n) is 37.1. The van der Waals surface area contributed by atoms with E-state index in [1.807, 2.05) is 105 Å². The van der Waals surface area contributed by atoms with Crippen LogP contribution >= 0.6 is 0 Å². The van der Waals surface area contributed by atoms with Crippen LogP contribution in [0.3, 0.4) is 0 Å². The van der Waals surface area contributed by atoms with Crippen LogP contribution in [-0.4, -0.2) is 20.0 Å². The Morgan fingerprint density at radius 1 is 0.508 bits per heavy atom. The number of fused-ring (bicyclic) bond motifs is 5. The van der Waals surface area contributed by atoms with E-state index < -0.39 is 0 Å². The quantitative estimate of drug-likeness (QED) is 0.122. The number of rotatable bonds is 6. The number of oxazole rings is 1. The zero-order chi connectivity index (χ0) is 44.9. The van der Waals surface area contributed by atoms with Gasteiger partial charge >= 0.3 is 5.63 Å². The molecule has 0 aliphatic heterocycles. The third kappa shape index (κ3) is 9.17. The standard InChI is InChI=1S/C31H27NO.C25H15N3O2.C2H6/c1-31(2,3)27-19-20-29-28(21-27)32-30(33-29)26-17-13-23(14-18-26)10-9-22-11-15-25(16-12-22)24-7-5-4-6-8-24;29-25-21(16-6-2-1-3-7-16)14-18-10-12-19(15-23(18)30-25)28-26-22-13-11-17-8-4-5-9-20(17)24(22)27-28;1-2/h4-21H,1-3H3;1-15H;1-2H3/b10-9+;;. The third-order valence-electron chi connectivity index (χ3n) is 11.2. The van der Waals surface area contributed by atoms with Crippen molar-refractivity contribution in [2.75, 3.05) is 0 Å².